The molecule has 0 bridgehead atoms. The Kier molecular flexibility index (Phi) is 3.28. The molecule has 2 aliphatic rings. The first-order valence-corrected chi connectivity index (χ1v) is 7.36. The van der Waals surface area contributed by atoms with Gasteiger partial charge in [-0.3, -0.25) is 4.79 Å². The molecule has 0 saturated heterocycles. The zero-order valence-corrected chi connectivity index (χ0v) is 12.0. The van der Waals surface area contributed by atoms with Crippen LogP contribution >= 0.6 is 11.3 Å². The van der Waals surface area contributed by atoms with Gasteiger partial charge in [0, 0.05) is 21.5 Å². The maximum absolute atomic E-state index is 12.0. The molecule has 102 valence electrons. The van der Waals surface area contributed by atoms with Gasteiger partial charge in [-0.2, -0.15) is 0 Å². The predicted octanol–water partition coefficient (Wildman–Crippen LogP) is 1.46. The Bertz CT molecular complexity index is 871. The lowest BCUT2D eigenvalue weighted by Gasteiger charge is -1.95. The summed E-state index contributed by atoms with van der Waals surface area (Å²) >= 11 is 1.72. The summed E-state index contributed by atoms with van der Waals surface area (Å²) in [6.45, 7) is 5.88. The van der Waals surface area contributed by atoms with E-state index in [4.69, 9.17) is 0 Å². The lowest BCUT2D eigenvalue weighted by atomic mass is 10.2. The molecule has 3 heterocycles. The van der Waals surface area contributed by atoms with Gasteiger partial charge >= 0.3 is 0 Å². The summed E-state index contributed by atoms with van der Waals surface area (Å²) in [6, 6.07) is 4.18. The van der Waals surface area contributed by atoms with Crippen molar-refractivity contribution < 1.29 is 0 Å². The number of hydrogen-bond donors (Lipinski definition) is 2. The van der Waals surface area contributed by atoms with E-state index in [-0.39, 0.29) is 5.56 Å². The number of hydrogen-bond acceptors (Lipinski definition) is 3. The summed E-state index contributed by atoms with van der Waals surface area (Å²) < 4.78 is 0. The summed E-state index contributed by atoms with van der Waals surface area (Å²) in [5.41, 5.74) is 1.22. The topological polar surface area (TPSA) is 61.5 Å². The third-order valence-corrected chi connectivity index (χ3v) is 4.21. The number of aromatic nitrogens is 3. The van der Waals surface area contributed by atoms with Crippen LogP contribution in [0.1, 0.15) is 23.1 Å². The molecule has 1 aromatic rings. The zero-order valence-electron chi connectivity index (χ0n) is 11.2. The summed E-state index contributed by atoms with van der Waals surface area (Å²) in [5, 5.41) is 0.647. The highest BCUT2D eigenvalue weighted by molar-refractivity contribution is 7.12. The summed E-state index contributed by atoms with van der Waals surface area (Å²) in [7, 11) is 0. The van der Waals surface area contributed by atoms with Gasteiger partial charge in [0.1, 0.15) is 11.3 Å². The highest BCUT2D eigenvalue weighted by atomic mass is 32.1. The van der Waals surface area contributed by atoms with Gasteiger partial charge in [0.15, 0.2) is 0 Å². The van der Waals surface area contributed by atoms with Crippen LogP contribution in [0.4, 0.5) is 0 Å². The minimum Gasteiger partial charge on any atom is -0.346 e. The summed E-state index contributed by atoms with van der Waals surface area (Å²) in [5.74, 6) is 0.579. The van der Waals surface area contributed by atoms with Gasteiger partial charge in [-0.1, -0.05) is 19.9 Å². The van der Waals surface area contributed by atoms with Crippen LogP contribution in [0, 0.1) is 0 Å². The molecule has 4 nitrogen and oxygen atoms in total. The van der Waals surface area contributed by atoms with E-state index >= 15 is 0 Å². The number of nitrogens with one attached hydrogen (secondary N) is 2. The molecule has 2 aliphatic heterocycles. The third-order valence-electron chi connectivity index (χ3n) is 3.12. The molecule has 3 rings (SSSR count). The van der Waals surface area contributed by atoms with Gasteiger partial charge in [0.25, 0.3) is 5.56 Å². The van der Waals surface area contributed by atoms with Crippen LogP contribution in [0.3, 0.4) is 0 Å². The molecule has 0 aliphatic carbocycles. The van der Waals surface area contributed by atoms with Crippen molar-refractivity contribution in [2.75, 3.05) is 0 Å². The Morgan fingerprint density at radius 2 is 2.30 bits per heavy atom. The zero-order chi connectivity index (χ0) is 14.1. The van der Waals surface area contributed by atoms with Crippen LogP contribution in [0.2, 0.25) is 0 Å². The average Bonchev–Trinajstić information content (AvgIpc) is 2.96. The van der Waals surface area contributed by atoms with Crippen molar-refractivity contribution in [3.8, 4) is 11.4 Å². The second-order valence-electron chi connectivity index (χ2n) is 4.68. The number of thiophene rings is 1. The second kappa shape index (κ2) is 5.09. The quantitative estimate of drug-likeness (QED) is 0.765. The van der Waals surface area contributed by atoms with Crippen LogP contribution in [-0.4, -0.2) is 15.0 Å². The fraction of sp³-hybridized carbons (Fsp3) is 0.200. The molecule has 1 aromatic heterocycles. The van der Waals surface area contributed by atoms with E-state index in [1.807, 2.05) is 6.08 Å². The highest BCUT2D eigenvalue weighted by Gasteiger charge is 2.10. The first-order chi connectivity index (χ1) is 9.67. The van der Waals surface area contributed by atoms with Crippen molar-refractivity contribution in [1.82, 2.24) is 15.0 Å². The van der Waals surface area contributed by atoms with E-state index < -0.39 is 0 Å². The first-order valence-electron chi connectivity index (χ1n) is 6.54. The molecule has 20 heavy (non-hydrogen) atoms. The number of aromatic amines is 2. The maximum atomic E-state index is 12.0. The van der Waals surface area contributed by atoms with E-state index in [0.717, 1.165) is 23.3 Å². The molecule has 2 N–H and O–H groups in total. The molecule has 0 fully saturated rings. The lowest BCUT2D eigenvalue weighted by molar-refractivity contribution is 0.940. The summed E-state index contributed by atoms with van der Waals surface area (Å²) in [6.07, 6.45) is 5.90. The van der Waals surface area contributed by atoms with Crippen molar-refractivity contribution in [3.63, 3.8) is 0 Å². The molecule has 0 spiro atoms. The lowest BCUT2D eigenvalue weighted by Crippen LogP contribution is -2.21. The van der Waals surface area contributed by atoms with Gasteiger partial charge in [-0.25, -0.2) is 4.98 Å². The van der Waals surface area contributed by atoms with Crippen molar-refractivity contribution >= 4 is 24.0 Å². The molecular formula is C15H15N3OS. The number of aryl methyl sites for hydroxylation is 1. The molecular weight excluding hydrogens is 270 g/mol. The van der Waals surface area contributed by atoms with Crippen molar-refractivity contribution in [2.45, 2.75) is 19.8 Å². The van der Waals surface area contributed by atoms with E-state index in [0.29, 0.717) is 16.5 Å². The second-order valence-corrected chi connectivity index (χ2v) is 5.88. The van der Waals surface area contributed by atoms with E-state index in [1.54, 1.807) is 17.5 Å². The van der Waals surface area contributed by atoms with Gasteiger partial charge in [0.2, 0.25) is 0 Å². The Morgan fingerprint density at radius 3 is 3.10 bits per heavy atom. The fourth-order valence-corrected chi connectivity index (χ4v) is 3.25. The van der Waals surface area contributed by atoms with Crippen molar-refractivity contribution in [3.05, 3.63) is 49.1 Å². The monoisotopic (exact) mass is 285 g/mol. The Balaban J connectivity index is 2.13. The third kappa shape index (κ3) is 2.32. The standard InChI is InChI=1S/C15H15N3OS/c1-3-4-10-5-6-11(20-10)7-12-13-8-16-9(2)17-14(13)18-15(12)19/h5-8,16H,2-4H2,1H3,(H,17,18,19). The predicted molar refractivity (Wildman–Crippen MR) is 82.5 cm³/mol. The van der Waals surface area contributed by atoms with Gasteiger partial charge in [0.05, 0.1) is 5.22 Å². The van der Waals surface area contributed by atoms with Gasteiger partial charge < -0.3 is 9.97 Å². The Labute approximate surface area is 119 Å². The highest BCUT2D eigenvalue weighted by Crippen LogP contribution is 2.19. The SMILES string of the molecule is C=c1nc2[nH]c(=O)c(=Cc3ccc(CCC)s3)c-2c[nH]1. The number of rotatable bonds is 3. The van der Waals surface area contributed by atoms with Crippen LogP contribution in [0.15, 0.2) is 23.1 Å². The Morgan fingerprint density at radius 1 is 1.45 bits per heavy atom. The minimum absolute atomic E-state index is 0.114. The first kappa shape index (κ1) is 12.9. The van der Waals surface area contributed by atoms with Crippen LogP contribution in [0.25, 0.3) is 24.0 Å². The number of H-pyrrole nitrogens is 2. The molecule has 5 heteroatoms. The number of nitrogens with zero attached hydrogens (tertiary/aromatic N) is 1. The number of fused-ring (bicyclic) bond motifs is 1. The molecule has 0 saturated carbocycles. The van der Waals surface area contributed by atoms with Gasteiger partial charge in [-0.05, 0) is 24.6 Å². The average molecular weight is 285 g/mol. The largest absolute Gasteiger partial charge is 0.346 e. The molecule has 0 unspecified atom stereocenters. The fourth-order valence-electron chi connectivity index (χ4n) is 2.19. The Hall–Kier alpha value is -2.14. The molecule has 0 amide bonds. The summed E-state index contributed by atoms with van der Waals surface area (Å²) in [4.78, 5) is 24.4. The van der Waals surface area contributed by atoms with E-state index in [9.17, 15) is 4.79 Å². The normalized spacial score (nSPS) is 12.3. The maximum Gasteiger partial charge on any atom is 0.257 e. The van der Waals surface area contributed by atoms with Crippen LogP contribution < -0.4 is 16.3 Å². The molecule has 0 atom stereocenters. The van der Waals surface area contributed by atoms with Crippen LogP contribution in [0.5, 0.6) is 0 Å². The minimum atomic E-state index is -0.114. The van der Waals surface area contributed by atoms with Crippen LogP contribution in [-0.2, 0) is 6.42 Å². The smallest absolute Gasteiger partial charge is 0.257 e. The van der Waals surface area contributed by atoms with Gasteiger partial charge in [-0.15, -0.1) is 11.3 Å². The van der Waals surface area contributed by atoms with E-state index in [2.05, 4.69) is 40.6 Å². The molecule has 0 aromatic carbocycles. The van der Waals surface area contributed by atoms with Crippen molar-refractivity contribution in [2.24, 2.45) is 0 Å². The van der Waals surface area contributed by atoms with E-state index in [1.165, 1.54) is 4.88 Å². The molecule has 0 radical (unpaired) electrons. The van der Waals surface area contributed by atoms with Crippen molar-refractivity contribution in [1.29, 1.82) is 0 Å².